The number of hydrogen-bond donors (Lipinski definition) is 1. The molecule has 0 bridgehead atoms. The first-order valence-corrected chi connectivity index (χ1v) is 12.2. The van der Waals surface area contributed by atoms with Crippen LogP contribution >= 0.6 is 0 Å². The first kappa shape index (κ1) is 26.0. The zero-order valence-corrected chi connectivity index (χ0v) is 20.9. The number of nitrogens with one attached hydrogen (secondary N) is 1. The van der Waals surface area contributed by atoms with Crippen LogP contribution in [-0.2, 0) is 11.2 Å². The van der Waals surface area contributed by atoms with E-state index in [1.165, 1.54) is 16.7 Å². The van der Waals surface area contributed by atoms with E-state index in [1.54, 1.807) is 20.4 Å². The number of carbonyl (C=O) groups is 1. The van der Waals surface area contributed by atoms with Crippen LogP contribution in [0.2, 0.25) is 0 Å². The fourth-order valence-electron chi connectivity index (χ4n) is 4.06. The van der Waals surface area contributed by atoms with E-state index < -0.39 is 0 Å². The number of rotatable bonds is 13. The number of aryl methyl sites for hydroxylation is 1. The molecule has 0 aliphatic heterocycles. The van der Waals surface area contributed by atoms with E-state index in [4.69, 9.17) is 9.47 Å². The van der Waals surface area contributed by atoms with Crippen molar-refractivity contribution in [2.75, 3.05) is 14.2 Å². The van der Waals surface area contributed by atoms with Gasteiger partial charge in [-0.3, -0.25) is 9.78 Å². The van der Waals surface area contributed by atoms with Crippen LogP contribution in [0.25, 0.3) is 0 Å². The molecular formula is C30H36N2O3. The van der Waals surface area contributed by atoms with Gasteiger partial charge in [0.25, 0.3) is 0 Å². The second kappa shape index (κ2) is 14.0. The van der Waals surface area contributed by atoms with Gasteiger partial charge in [0.1, 0.15) is 11.5 Å². The lowest BCUT2D eigenvalue weighted by molar-refractivity contribution is -0.121. The van der Waals surface area contributed by atoms with Crippen LogP contribution < -0.4 is 14.8 Å². The highest BCUT2D eigenvalue weighted by atomic mass is 16.5. The second-order valence-electron chi connectivity index (χ2n) is 8.71. The fourth-order valence-corrected chi connectivity index (χ4v) is 4.06. The Morgan fingerprint density at radius 2 is 1.60 bits per heavy atom. The summed E-state index contributed by atoms with van der Waals surface area (Å²) in [6.07, 6.45) is 12.1. The molecule has 0 saturated carbocycles. The lowest BCUT2D eigenvalue weighted by Gasteiger charge is -2.16. The summed E-state index contributed by atoms with van der Waals surface area (Å²) in [5, 5.41) is 3.13. The predicted molar refractivity (Wildman–Crippen MR) is 141 cm³/mol. The molecule has 5 heteroatoms. The number of nitrogens with zero attached hydrogens (tertiary/aromatic N) is 1. The van der Waals surface area contributed by atoms with Crippen LogP contribution in [0.4, 0.5) is 0 Å². The number of hydrogen-bond acceptors (Lipinski definition) is 4. The third kappa shape index (κ3) is 8.60. The Balaban J connectivity index is 1.51. The molecule has 0 radical (unpaired) electrons. The van der Waals surface area contributed by atoms with E-state index in [0.29, 0.717) is 12.8 Å². The summed E-state index contributed by atoms with van der Waals surface area (Å²) < 4.78 is 10.6. The topological polar surface area (TPSA) is 60.5 Å². The van der Waals surface area contributed by atoms with Gasteiger partial charge in [0.05, 0.1) is 14.2 Å². The van der Waals surface area contributed by atoms with Crippen molar-refractivity contribution in [3.8, 4) is 11.5 Å². The van der Waals surface area contributed by atoms with Crippen molar-refractivity contribution in [2.45, 2.75) is 51.0 Å². The van der Waals surface area contributed by atoms with E-state index in [-0.39, 0.29) is 17.9 Å². The molecule has 0 fully saturated rings. The zero-order chi connectivity index (χ0) is 24.9. The van der Waals surface area contributed by atoms with Crippen molar-refractivity contribution in [1.82, 2.24) is 10.3 Å². The van der Waals surface area contributed by atoms with Gasteiger partial charge in [-0.15, -0.1) is 0 Å². The number of carbonyl (C=O) groups excluding carboxylic acids is 1. The summed E-state index contributed by atoms with van der Waals surface area (Å²) in [5.74, 6) is 1.84. The third-order valence-corrected chi connectivity index (χ3v) is 6.05. The van der Waals surface area contributed by atoms with Crippen LogP contribution in [0.15, 0.2) is 85.2 Å². The Labute approximate surface area is 209 Å². The highest BCUT2D eigenvalue weighted by Crippen LogP contribution is 2.29. The molecule has 1 atom stereocenters. The Bertz CT molecular complexity index is 1000. The first-order valence-electron chi connectivity index (χ1n) is 12.2. The van der Waals surface area contributed by atoms with Crippen molar-refractivity contribution in [3.63, 3.8) is 0 Å². The minimum Gasteiger partial charge on any atom is -0.497 e. The van der Waals surface area contributed by atoms with E-state index in [2.05, 4.69) is 59.7 Å². The van der Waals surface area contributed by atoms with Crippen molar-refractivity contribution in [1.29, 1.82) is 0 Å². The summed E-state index contributed by atoms with van der Waals surface area (Å²) in [7, 11) is 3.34. The maximum Gasteiger partial charge on any atom is 0.220 e. The number of allylic oxidation sites excluding steroid dienone is 2. The molecule has 5 nitrogen and oxygen atoms in total. The summed E-state index contributed by atoms with van der Waals surface area (Å²) in [4.78, 5) is 16.6. The van der Waals surface area contributed by atoms with Gasteiger partial charge in [0, 0.05) is 30.8 Å². The lowest BCUT2D eigenvalue weighted by atomic mass is 9.90. The van der Waals surface area contributed by atoms with Crippen molar-refractivity contribution in [2.24, 2.45) is 0 Å². The van der Waals surface area contributed by atoms with Gasteiger partial charge < -0.3 is 14.8 Å². The summed E-state index contributed by atoms with van der Waals surface area (Å²) in [6, 6.07) is 20.4. The van der Waals surface area contributed by atoms with E-state index in [0.717, 1.165) is 30.8 Å². The quantitative estimate of drug-likeness (QED) is 0.306. The van der Waals surface area contributed by atoms with Crippen LogP contribution in [0.1, 0.15) is 55.2 Å². The van der Waals surface area contributed by atoms with Crippen LogP contribution in [0.5, 0.6) is 11.5 Å². The third-order valence-electron chi connectivity index (χ3n) is 6.05. The highest BCUT2D eigenvalue weighted by Gasteiger charge is 2.12. The van der Waals surface area contributed by atoms with Gasteiger partial charge in [0.15, 0.2) is 0 Å². The van der Waals surface area contributed by atoms with Crippen molar-refractivity contribution >= 4 is 5.91 Å². The van der Waals surface area contributed by atoms with Gasteiger partial charge in [-0.05, 0) is 79.6 Å². The van der Waals surface area contributed by atoms with E-state index in [1.807, 2.05) is 36.5 Å². The van der Waals surface area contributed by atoms with Crippen molar-refractivity contribution < 1.29 is 14.3 Å². The van der Waals surface area contributed by atoms with Gasteiger partial charge in [-0.25, -0.2) is 0 Å². The first-order chi connectivity index (χ1) is 17.1. The maximum atomic E-state index is 12.4. The number of pyridine rings is 1. The standard InChI is InChI=1S/C30H36N2O3/c1-23(8-6-9-24-10-7-21-31-22-24)32-30(33)12-5-4-11-29(25-13-17-27(34-2)18-14-25)26-15-19-28(35-3)20-16-26/h4,7,10-11,13-23,29H,5-6,8-9,12H2,1-3H3,(H,32,33)/b11-4+. The van der Waals surface area contributed by atoms with Crippen LogP contribution in [0, 0.1) is 0 Å². The van der Waals surface area contributed by atoms with E-state index >= 15 is 0 Å². The molecule has 1 aromatic heterocycles. The molecule has 184 valence electrons. The molecule has 0 aliphatic rings. The largest absolute Gasteiger partial charge is 0.497 e. The van der Waals surface area contributed by atoms with E-state index in [9.17, 15) is 4.79 Å². The summed E-state index contributed by atoms with van der Waals surface area (Å²) in [5.41, 5.74) is 3.57. The Hall–Kier alpha value is -3.60. The molecule has 35 heavy (non-hydrogen) atoms. The monoisotopic (exact) mass is 472 g/mol. The van der Waals surface area contributed by atoms with Crippen LogP contribution in [0.3, 0.4) is 0 Å². The SMILES string of the molecule is COc1ccc(C(/C=C/CCC(=O)NC(C)CCCc2cccnc2)c2ccc(OC)cc2)cc1. The number of methoxy groups -OCH3 is 2. The molecule has 3 aromatic rings. The predicted octanol–water partition coefficient (Wildman–Crippen LogP) is 6.09. The average Bonchev–Trinajstić information content (AvgIpc) is 2.89. The molecule has 1 N–H and O–H groups in total. The number of ether oxygens (including phenoxy) is 2. The molecule has 2 aromatic carbocycles. The Kier molecular flexibility index (Phi) is 10.4. The summed E-state index contributed by atoms with van der Waals surface area (Å²) >= 11 is 0. The lowest BCUT2D eigenvalue weighted by Crippen LogP contribution is -2.32. The zero-order valence-electron chi connectivity index (χ0n) is 20.9. The van der Waals surface area contributed by atoms with Crippen LogP contribution in [-0.4, -0.2) is 31.2 Å². The number of amides is 1. The highest BCUT2D eigenvalue weighted by molar-refractivity contribution is 5.76. The molecule has 1 unspecified atom stereocenters. The maximum absolute atomic E-state index is 12.4. The second-order valence-corrected chi connectivity index (χ2v) is 8.71. The number of aromatic nitrogens is 1. The fraction of sp³-hybridized carbons (Fsp3) is 0.333. The molecule has 1 amide bonds. The van der Waals surface area contributed by atoms with Crippen molar-refractivity contribution in [3.05, 3.63) is 102 Å². The van der Waals surface area contributed by atoms with Gasteiger partial charge in [-0.1, -0.05) is 42.5 Å². The minimum atomic E-state index is 0.0845. The average molecular weight is 473 g/mol. The van der Waals surface area contributed by atoms with Gasteiger partial charge >= 0.3 is 0 Å². The molecule has 3 rings (SSSR count). The molecular weight excluding hydrogens is 436 g/mol. The Morgan fingerprint density at radius 3 is 2.14 bits per heavy atom. The Morgan fingerprint density at radius 1 is 0.971 bits per heavy atom. The molecule has 0 saturated heterocycles. The molecule has 1 heterocycles. The number of benzene rings is 2. The minimum absolute atomic E-state index is 0.0845. The van der Waals surface area contributed by atoms with Gasteiger partial charge in [0.2, 0.25) is 5.91 Å². The van der Waals surface area contributed by atoms with Gasteiger partial charge in [-0.2, -0.15) is 0 Å². The smallest absolute Gasteiger partial charge is 0.220 e. The molecule has 0 aliphatic carbocycles. The summed E-state index contributed by atoms with van der Waals surface area (Å²) in [6.45, 7) is 2.07. The normalized spacial score (nSPS) is 12.0. The molecule has 0 spiro atoms.